The molecule has 0 aliphatic rings. The van der Waals surface area contributed by atoms with Crippen molar-refractivity contribution in [1.82, 2.24) is 4.98 Å². The van der Waals surface area contributed by atoms with Gasteiger partial charge in [0.25, 0.3) is 5.91 Å². The molecule has 0 saturated heterocycles. The van der Waals surface area contributed by atoms with E-state index < -0.39 is 18.5 Å². The standard InChI is InChI=1S/C21H20N2O5/c1-3-26-17-12-8-7-11-16(17)22-18(24)13-27-21(25)19-14(2)28-20(23-19)15-9-5-4-6-10-15/h4-12H,3,13H2,1-2H3,(H,22,24). The van der Waals surface area contributed by atoms with Gasteiger partial charge >= 0.3 is 5.97 Å². The molecule has 1 N–H and O–H groups in total. The Kier molecular flexibility index (Phi) is 6.06. The number of esters is 1. The number of aryl methyl sites for hydroxylation is 1. The van der Waals surface area contributed by atoms with Gasteiger partial charge in [-0.05, 0) is 38.1 Å². The third kappa shape index (κ3) is 4.56. The highest BCUT2D eigenvalue weighted by Gasteiger charge is 2.20. The van der Waals surface area contributed by atoms with Gasteiger partial charge in [0.15, 0.2) is 12.3 Å². The number of anilines is 1. The van der Waals surface area contributed by atoms with Crippen molar-refractivity contribution in [2.45, 2.75) is 13.8 Å². The molecule has 0 bridgehead atoms. The van der Waals surface area contributed by atoms with Gasteiger partial charge in [-0.25, -0.2) is 9.78 Å². The molecule has 0 fully saturated rings. The Labute approximate surface area is 162 Å². The maximum absolute atomic E-state index is 12.3. The van der Waals surface area contributed by atoms with Gasteiger partial charge in [0.05, 0.1) is 12.3 Å². The number of oxazole rings is 1. The molecule has 3 rings (SSSR count). The molecule has 2 aromatic carbocycles. The SMILES string of the molecule is CCOc1ccccc1NC(=O)COC(=O)c1nc(-c2ccccc2)oc1C. The maximum atomic E-state index is 12.3. The van der Waals surface area contributed by atoms with E-state index in [9.17, 15) is 9.59 Å². The number of carbonyl (C=O) groups is 2. The van der Waals surface area contributed by atoms with Crippen LogP contribution in [0.1, 0.15) is 23.2 Å². The van der Waals surface area contributed by atoms with E-state index >= 15 is 0 Å². The Hall–Kier alpha value is -3.61. The highest BCUT2D eigenvalue weighted by molar-refractivity contribution is 5.96. The molecule has 0 radical (unpaired) electrons. The highest BCUT2D eigenvalue weighted by atomic mass is 16.5. The molecule has 0 aliphatic carbocycles. The zero-order chi connectivity index (χ0) is 19.9. The largest absolute Gasteiger partial charge is 0.492 e. The molecule has 0 aliphatic heterocycles. The minimum absolute atomic E-state index is 0.0429. The van der Waals surface area contributed by atoms with Crippen molar-refractivity contribution in [2.24, 2.45) is 0 Å². The van der Waals surface area contributed by atoms with Crippen LogP contribution in [0.3, 0.4) is 0 Å². The van der Waals surface area contributed by atoms with E-state index in [1.807, 2.05) is 37.3 Å². The summed E-state index contributed by atoms with van der Waals surface area (Å²) < 4.78 is 16.1. The number of carbonyl (C=O) groups excluding carboxylic acids is 2. The van der Waals surface area contributed by atoms with Gasteiger partial charge in [0, 0.05) is 5.56 Å². The van der Waals surface area contributed by atoms with Gasteiger partial charge in [0.1, 0.15) is 11.5 Å². The van der Waals surface area contributed by atoms with Crippen LogP contribution in [0.15, 0.2) is 59.0 Å². The van der Waals surface area contributed by atoms with Crippen molar-refractivity contribution >= 4 is 17.6 Å². The number of rotatable bonds is 7. The molecule has 0 spiro atoms. The van der Waals surface area contributed by atoms with E-state index in [1.165, 1.54) is 0 Å². The Morgan fingerprint density at radius 2 is 1.79 bits per heavy atom. The number of benzene rings is 2. The summed E-state index contributed by atoms with van der Waals surface area (Å²) in [5.74, 6) is -0.0165. The Bertz CT molecular complexity index is 966. The molecule has 0 atom stereocenters. The summed E-state index contributed by atoms with van der Waals surface area (Å²) in [6, 6.07) is 16.2. The summed E-state index contributed by atoms with van der Waals surface area (Å²) in [5.41, 5.74) is 1.30. The van der Waals surface area contributed by atoms with E-state index in [0.717, 1.165) is 5.56 Å². The van der Waals surface area contributed by atoms with E-state index in [1.54, 1.807) is 31.2 Å². The highest BCUT2D eigenvalue weighted by Crippen LogP contribution is 2.24. The minimum atomic E-state index is -0.725. The van der Waals surface area contributed by atoms with Crippen LogP contribution in [-0.4, -0.2) is 30.1 Å². The number of amides is 1. The average molecular weight is 380 g/mol. The molecule has 1 aromatic heterocycles. The smallest absolute Gasteiger partial charge is 0.361 e. The topological polar surface area (TPSA) is 90.7 Å². The lowest BCUT2D eigenvalue weighted by molar-refractivity contribution is -0.119. The van der Waals surface area contributed by atoms with Crippen molar-refractivity contribution in [3.8, 4) is 17.2 Å². The molecule has 7 nitrogen and oxygen atoms in total. The van der Waals surface area contributed by atoms with Crippen LogP contribution in [0.25, 0.3) is 11.5 Å². The Balaban J connectivity index is 1.62. The lowest BCUT2D eigenvalue weighted by Gasteiger charge is -2.11. The van der Waals surface area contributed by atoms with Crippen molar-refractivity contribution in [2.75, 3.05) is 18.5 Å². The van der Waals surface area contributed by atoms with Crippen LogP contribution in [0.4, 0.5) is 5.69 Å². The van der Waals surface area contributed by atoms with Gasteiger partial charge in [0.2, 0.25) is 5.89 Å². The van der Waals surface area contributed by atoms with Crippen LogP contribution in [0.2, 0.25) is 0 Å². The monoisotopic (exact) mass is 380 g/mol. The molecule has 3 aromatic rings. The molecular formula is C21H20N2O5. The fraction of sp³-hybridized carbons (Fsp3) is 0.190. The maximum Gasteiger partial charge on any atom is 0.361 e. The second-order valence-corrected chi connectivity index (χ2v) is 5.84. The second kappa shape index (κ2) is 8.85. The third-order valence-electron chi connectivity index (χ3n) is 3.81. The number of nitrogens with one attached hydrogen (secondary N) is 1. The van der Waals surface area contributed by atoms with Crippen LogP contribution in [0.5, 0.6) is 5.75 Å². The molecule has 0 unspecified atom stereocenters. The van der Waals surface area contributed by atoms with Gasteiger partial charge < -0.3 is 19.2 Å². The summed E-state index contributed by atoms with van der Waals surface area (Å²) in [5, 5.41) is 2.66. The van der Waals surface area contributed by atoms with Gasteiger partial charge in [-0.2, -0.15) is 0 Å². The van der Waals surface area contributed by atoms with E-state index in [0.29, 0.717) is 29.7 Å². The van der Waals surface area contributed by atoms with Crippen molar-refractivity contribution in [3.63, 3.8) is 0 Å². The number of aromatic nitrogens is 1. The summed E-state index contributed by atoms with van der Waals surface area (Å²) in [4.78, 5) is 28.6. The average Bonchev–Trinajstić information content (AvgIpc) is 3.10. The fourth-order valence-electron chi connectivity index (χ4n) is 2.53. The first-order chi connectivity index (χ1) is 13.6. The quantitative estimate of drug-likeness (QED) is 0.626. The molecular weight excluding hydrogens is 360 g/mol. The lowest BCUT2D eigenvalue weighted by atomic mass is 10.2. The molecule has 28 heavy (non-hydrogen) atoms. The zero-order valence-corrected chi connectivity index (χ0v) is 15.6. The van der Waals surface area contributed by atoms with E-state index in [2.05, 4.69) is 10.3 Å². The first-order valence-electron chi connectivity index (χ1n) is 8.80. The minimum Gasteiger partial charge on any atom is -0.492 e. The molecule has 144 valence electrons. The van der Waals surface area contributed by atoms with Crippen LogP contribution in [-0.2, 0) is 9.53 Å². The second-order valence-electron chi connectivity index (χ2n) is 5.84. The Morgan fingerprint density at radius 1 is 1.07 bits per heavy atom. The first-order valence-corrected chi connectivity index (χ1v) is 8.80. The van der Waals surface area contributed by atoms with Crippen molar-refractivity contribution in [1.29, 1.82) is 0 Å². The third-order valence-corrected chi connectivity index (χ3v) is 3.81. The molecule has 1 heterocycles. The van der Waals surface area contributed by atoms with Gasteiger partial charge in [-0.15, -0.1) is 0 Å². The van der Waals surface area contributed by atoms with Crippen molar-refractivity contribution in [3.05, 3.63) is 66.1 Å². The van der Waals surface area contributed by atoms with Gasteiger partial charge in [-0.1, -0.05) is 30.3 Å². The zero-order valence-electron chi connectivity index (χ0n) is 15.6. The van der Waals surface area contributed by atoms with E-state index in [4.69, 9.17) is 13.9 Å². The fourth-order valence-corrected chi connectivity index (χ4v) is 2.53. The predicted octanol–water partition coefficient (Wildman–Crippen LogP) is 3.84. The summed E-state index contributed by atoms with van der Waals surface area (Å²) in [6.45, 7) is 3.49. The molecule has 1 amide bonds. The predicted molar refractivity (Wildman–Crippen MR) is 103 cm³/mol. The van der Waals surface area contributed by atoms with Gasteiger partial charge in [-0.3, -0.25) is 4.79 Å². The number of nitrogens with zero attached hydrogens (tertiary/aromatic N) is 1. The first kappa shape index (κ1) is 19.2. The molecule has 7 heteroatoms. The Morgan fingerprint density at radius 3 is 2.54 bits per heavy atom. The number of hydrogen-bond donors (Lipinski definition) is 1. The summed E-state index contributed by atoms with van der Waals surface area (Å²) >= 11 is 0. The summed E-state index contributed by atoms with van der Waals surface area (Å²) in [7, 11) is 0. The van der Waals surface area contributed by atoms with E-state index in [-0.39, 0.29) is 5.69 Å². The lowest BCUT2D eigenvalue weighted by Crippen LogP contribution is -2.21. The normalized spacial score (nSPS) is 10.4. The van der Waals surface area contributed by atoms with Crippen LogP contribution >= 0.6 is 0 Å². The van der Waals surface area contributed by atoms with Crippen LogP contribution in [0, 0.1) is 6.92 Å². The number of hydrogen-bond acceptors (Lipinski definition) is 6. The molecule has 0 saturated carbocycles. The van der Waals surface area contributed by atoms with Crippen LogP contribution < -0.4 is 10.1 Å². The number of ether oxygens (including phenoxy) is 2. The van der Waals surface area contributed by atoms with Crippen molar-refractivity contribution < 1.29 is 23.5 Å². The number of para-hydroxylation sites is 2. The summed E-state index contributed by atoms with van der Waals surface area (Å²) in [6.07, 6.45) is 0.